The number of rotatable bonds is 5. The van der Waals surface area contributed by atoms with Crippen LogP contribution in [0, 0.1) is 0 Å². The van der Waals surface area contributed by atoms with E-state index in [-0.39, 0.29) is 5.69 Å². The Bertz CT molecular complexity index is 665. The molecule has 1 rings (SSSR count). The smallest absolute Gasteiger partial charge is 0.408 e. The monoisotopic (exact) mass is 378 g/mol. The summed E-state index contributed by atoms with van der Waals surface area (Å²) in [5.41, 5.74) is 1.35. The number of halogens is 3. The molecule has 0 aromatic carbocycles. The summed E-state index contributed by atoms with van der Waals surface area (Å²) in [6, 6.07) is 1.59. The highest BCUT2D eigenvalue weighted by atomic mass is 19.4. The van der Waals surface area contributed by atoms with Crippen LogP contribution in [0.25, 0.3) is 0 Å². The Hall–Kier alpha value is -2.72. The zero-order valence-electron chi connectivity index (χ0n) is 14.7. The maximum Gasteiger partial charge on any atom is 0.408 e. The number of alkyl carbamates (subject to hydrolysis) is 1. The highest BCUT2D eigenvalue weighted by molar-refractivity contribution is 5.95. The molecule has 0 aliphatic heterocycles. The van der Waals surface area contributed by atoms with E-state index in [0.29, 0.717) is 0 Å². The van der Waals surface area contributed by atoms with E-state index in [0.717, 1.165) is 4.68 Å². The van der Waals surface area contributed by atoms with E-state index >= 15 is 0 Å². The fourth-order valence-electron chi connectivity index (χ4n) is 1.70. The van der Waals surface area contributed by atoms with Gasteiger partial charge in [-0.15, -0.1) is 0 Å². The summed E-state index contributed by atoms with van der Waals surface area (Å²) in [6.45, 7) is 4.85. The maximum atomic E-state index is 12.2. The molecule has 0 aliphatic carbocycles. The summed E-state index contributed by atoms with van der Waals surface area (Å²) >= 11 is 0. The van der Waals surface area contributed by atoms with E-state index < -0.39 is 42.3 Å². The van der Waals surface area contributed by atoms with E-state index in [2.05, 4.69) is 10.7 Å². The number of carbonyl (C=O) groups excluding carboxylic acids is 3. The zero-order valence-corrected chi connectivity index (χ0v) is 14.7. The van der Waals surface area contributed by atoms with Crippen molar-refractivity contribution in [1.29, 1.82) is 0 Å². The summed E-state index contributed by atoms with van der Waals surface area (Å²) in [6.07, 6.45) is -4.08. The first-order chi connectivity index (χ1) is 11.8. The summed E-state index contributed by atoms with van der Waals surface area (Å²) in [5.74, 6) is -1.71. The average Bonchev–Trinajstić information content (AvgIpc) is 2.89. The number of hydrogen-bond acceptors (Lipinski definition) is 4. The van der Waals surface area contributed by atoms with E-state index in [1.54, 1.807) is 26.1 Å². The molecule has 8 nitrogen and oxygen atoms in total. The molecule has 146 valence electrons. The maximum absolute atomic E-state index is 12.2. The highest BCUT2D eigenvalue weighted by Crippen LogP contribution is 2.13. The predicted molar refractivity (Wildman–Crippen MR) is 86.0 cm³/mol. The van der Waals surface area contributed by atoms with Gasteiger partial charge in [0, 0.05) is 6.20 Å². The standard InChI is InChI=1S/C15H21F3N4O4/c1-9(20-13(25)26-14(2,3)4)11(23)21-22-7-5-6-10(22)12(24)19-8-15(16,17)18/h5-7,9H,8H2,1-4H3,(H,19,24)(H,20,25)(H,21,23). The normalized spacial score (nSPS) is 12.9. The van der Waals surface area contributed by atoms with E-state index in [1.807, 2.05) is 0 Å². The largest absolute Gasteiger partial charge is 0.444 e. The first kappa shape index (κ1) is 21.3. The minimum atomic E-state index is -4.55. The molecule has 3 N–H and O–H groups in total. The minimum absolute atomic E-state index is 0.202. The molecule has 0 bridgehead atoms. The lowest BCUT2D eigenvalue weighted by Crippen LogP contribution is -2.46. The lowest BCUT2D eigenvalue weighted by molar-refractivity contribution is -0.123. The SMILES string of the molecule is CC(NC(=O)OC(C)(C)C)C(=O)Nn1cccc1C(=O)NCC(F)(F)F. The number of alkyl halides is 3. The van der Waals surface area contributed by atoms with Crippen molar-refractivity contribution in [3.05, 3.63) is 24.0 Å². The van der Waals surface area contributed by atoms with Crippen molar-refractivity contribution in [3.63, 3.8) is 0 Å². The van der Waals surface area contributed by atoms with Gasteiger partial charge in [-0.3, -0.25) is 19.7 Å². The Morgan fingerprint density at radius 2 is 1.85 bits per heavy atom. The summed E-state index contributed by atoms with van der Waals surface area (Å²) < 4.78 is 42.5. The molecule has 0 saturated heterocycles. The van der Waals surface area contributed by atoms with Crippen LogP contribution in [-0.2, 0) is 9.53 Å². The lowest BCUT2D eigenvalue weighted by Gasteiger charge is -2.22. The first-order valence-corrected chi connectivity index (χ1v) is 7.61. The molecular formula is C15H21F3N4O4. The molecule has 11 heteroatoms. The molecule has 1 aromatic rings. The number of nitrogens with zero attached hydrogens (tertiary/aromatic N) is 1. The number of aromatic nitrogens is 1. The molecule has 0 aliphatic rings. The molecule has 1 aromatic heterocycles. The van der Waals surface area contributed by atoms with Crippen LogP contribution >= 0.6 is 0 Å². The summed E-state index contributed by atoms with van der Waals surface area (Å²) in [5, 5.41) is 4.01. The molecule has 1 unspecified atom stereocenters. The quantitative estimate of drug-likeness (QED) is 0.727. The molecular weight excluding hydrogens is 357 g/mol. The fourth-order valence-corrected chi connectivity index (χ4v) is 1.70. The van der Waals surface area contributed by atoms with Crippen LogP contribution in [0.1, 0.15) is 38.2 Å². The van der Waals surface area contributed by atoms with Crippen LogP contribution in [0.3, 0.4) is 0 Å². The molecule has 0 saturated carbocycles. The number of nitrogens with one attached hydrogen (secondary N) is 3. The van der Waals surface area contributed by atoms with Gasteiger partial charge in [-0.05, 0) is 39.8 Å². The van der Waals surface area contributed by atoms with Gasteiger partial charge in [-0.2, -0.15) is 13.2 Å². The van der Waals surface area contributed by atoms with Crippen LogP contribution < -0.4 is 16.1 Å². The van der Waals surface area contributed by atoms with E-state index in [1.165, 1.54) is 25.3 Å². The molecule has 0 fully saturated rings. The molecule has 0 spiro atoms. The van der Waals surface area contributed by atoms with Gasteiger partial charge in [0.2, 0.25) is 0 Å². The average molecular weight is 378 g/mol. The van der Waals surface area contributed by atoms with Crippen LogP contribution in [0.15, 0.2) is 18.3 Å². The number of ether oxygens (including phenoxy) is 1. The van der Waals surface area contributed by atoms with Crippen molar-refractivity contribution in [2.45, 2.75) is 45.5 Å². The van der Waals surface area contributed by atoms with Gasteiger partial charge in [0.25, 0.3) is 11.8 Å². The van der Waals surface area contributed by atoms with Gasteiger partial charge in [0.05, 0.1) is 0 Å². The Morgan fingerprint density at radius 1 is 1.23 bits per heavy atom. The molecule has 0 radical (unpaired) electrons. The third-order valence-electron chi connectivity index (χ3n) is 2.79. The Morgan fingerprint density at radius 3 is 2.38 bits per heavy atom. The second-order valence-electron chi connectivity index (χ2n) is 6.41. The molecule has 3 amide bonds. The summed E-state index contributed by atoms with van der Waals surface area (Å²) in [7, 11) is 0. The van der Waals surface area contributed by atoms with Gasteiger partial charge in [-0.1, -0.05) is 0 Å². The number of hydrogen-bond donors (Lipinski definition) is 3. The first-order valence-electron chi connectivity index (χ1n) is 7.61. The van der Waals surface area contributed by atoms with Crippen LogP contribution in [0.4, 0.5) is 18.0 Å². The molecule has 26 heavy (non-hydrogen) atoms. The number of carbonyl (C=O) groups is 3. The second-order valence-corrected chi connectivity index (χ2v) is 6.41. The van der Waals surface area contributed by atoms with Gasteiger partial charge in [0.1, 0.15) is 23.9 Å². The third kappa shape index (κ3) is 7.45. The van der Waals surface area contributed by atoms with E-state index in [9.17, 15) is 27.6 Å². The van der Waals surface area contributed by atoms with Crippen molar-refractivity contribution in [3.8, 4) is 0 Å². The Balaban J connectivity index is 2.66. The van der Waals surface area contributed by atoms with E-state index in [4.69, 9.17) is 4.74 Å². The lowest BCUT2D eigenvalue weighted by atomic mass is 10.2. The van der Waals surface area contributed by atoms with Gasteiger partial charge in [0.15, 0.2) is 0 Å². The predicted octanol–water partition coefficient (Wildman–Crippen LogP) is 1.76. The Kier molecular flexibility index (Phi) is 6.65. The highest BCUT2D eigenvalue weighted by Gasteiger charge is 2.28. The van der Waals surface area contributed by atoms with Gasteiger partial charge in [-0.25, -0.2) is 4.79 Å². The van der Waals surface area contributed by atoms with Crippen molar-refractivity contribution in [2.75, 3.05) is 12.0 Å². The third-order valence-corrected chi connectivity index (χ3v) is 2.79. The number of amides is 3. The topological polar surface area (TPSA) is 101 Å². The Labute approximate surface area is 148 Å². The molecule has 1 atom stereocenters. The zero-order chi connectivity index (χ0) is 20.1. The fraction of sp³-hybridized carbons (Fsp3) is 0.533. The van der Waals surface area contributed by atoms with Crippen molar-refractivity contribution >= 4 is 17.9 Å². The van der Waals surface area contributed by atoms with Crippen LogP contribution in [0.5, 0.6) is 0 Å². The van der Waals surface area contributed by atoms with Crippen LogP contribution in [0.2, 0.25) is 0 Å². The van der Waals surface area contributed by atoms with Gasteiger partial charge < -0.3 is 15.4 Å². The van der Waals surface area contributed by atoms with Crippen molar-refractivity contribution in [1.82, 2.24) is 15.3 Å². The molecule has 1 heterocycles. The van der Waals surface area contributed by atoms with Crippen LogP contribution in [-0.4, -0.2) is 46.9 Å². The van der Waals surface area contributed by atoms with Gasteiger partial charge >= 0.3 is 12.3 Å². The second kappa shape index (κ2) is 8.11. The summed E-state index contributed by atoms with van der Waals surface area (Å²) in [4.78, 5) is 35.5. The minimum Gasteiger partial charge on any atom is -0.444 e. The van der Waals surface area contributed by atoms with Crippen molar-refractivity contribution < 1.29 is 32.3 Å². The van der Waals surface area contributed by atoms with Crippen molar-refractivity contribution in [2.24, 2.45) is 0 Å².